The first kappa shape index (κ1) is 11.0. The van der Waals surface area contributed by atoms with Crippen molar-refractivity contribution in [3.63, 3.8) is 0 Å². The molecule has 0 aromatic heterocycles. The molecule has 1 unspecified atom stereocenters. The largest absolute Gasteiger partial charge is 0.480 e. The first-order valence-electron chi connectivity index (χ1n) is 3.71. The quantitative estimate of drug-likeness (QED) is 0.615. The van der Waals surface area contributed by atoms with E-state index in [0.29, 0.717) is 0 Å². The number of hydrogen-bond acceptors (Lipinski definition) is 2. The third-order valence-corrected chi connectivity index (χ3v) is 1.69. The van der Waals surface area contributed by atoms with Crippen molar-refractivity contribution >= 4 is 5.97 Å². The predicted octanol–water partition coefficient (Wildman–Crippen LogP) is 0.838. The molecule has 3 heteroatoms. The highest BCUT2D eigenvalue weighted by atomic mass is 16.4. The van der Waals surface area contributed by atoms with Gasteiger partial charge in [-0.3, -0.25) is 4.79 Å². The van der Waals surface area contributed by atoms with Crippen LogP contribution in [-0.2, 0) is 4.79 Å². The summed E-state index contributed by atoms with van der Waals surface area (Å²) < 4.78 is 0. The maximum atomic E-state index is 10.6. The second-order valence-corrected chi connectivity index (χ2v) is 3.93. The molecule has 0 heterocycles. The van der Waals surface area contributed by atoms with Gasteiger partial charge in [0.2, 0.25) is 0 Å². The molecule has 0 aliphatic carbocycles. The van der Waals surface area contributed by atoms with Crippen LogP contribution in [-0.4, -0.2) is 16.6 Å². The van der Waals surface area contributed by atoms with Gasteiger partial charge in [-0.2, -0.15) is 0 Å². The molecule has 0 saturated carbocycles. The summed E-state index contributed by atoms with van der Waals surface area (Å²) in [5, 5.41) is 8.71. The summed E-state index contributed by atoms with van der Waals surface area (Å²) in [5.41, 5.74) is 3.82. The highest BCUT2D eigenvalue weighted by molar-refractivity contribution is 5.77. The van der Waals surface area contributed by atoms with E-state index in [9.17, 15) is 4.79 Å². The average molecular weight is 169 g/mol. The fourth-order valence-electron chi connectivity index (χ4n) is 1.04. The normalized spacial score (nSPS) is 16.2. The number of carboxylic acid groups (broad SMARTS) is 1. The Balaban J connectivity index is 4.47. The van der Waals surface area contributed by atoms with Crippen molar-refractivity contribution in [2.45, 2.75) is 32.7 Å². The molecule has 0 aliphatic rings. The minimum absolute atomic E-state index is 0.270. The third-order valence-electron chi connectivity index (χ3n) is 1.69. The van der Waals surface area contributed by atoms with E-state index in [0.717, 1.165) is 0 Å². The van der Waals surface area contributed by atoms with E-state index in [-0.39, 0.29) is 6.42 Å². The van der Waals surface area contributed by atoms with Gasteiger partial charge in [0.05, 0.1) is 0 Å². The van der Waals surface area contributed by atoms with E-state index in [1.807, 2.05) is 0 Å². The molecule has 0 aromatic carbocycles. The summed E-state index contributed by atoms with van der Waals surface area (Å²) in [6.45, 7) is 5.05. The highest BCUT2D eigenvalue weighted by Crippen LogP contribution is 2.25. The molecule has 68 valence electrons. The van der Waals surface area contributed by atoms with Gasteiger partial charge in [0.15, 0.2) is 0 Å². The topological polar surface area (TPSA) is 63.3 Å². The molecule has 0 aliphatic heterocycles. The van der Waals surface area contributed by atoms with Crippen LogP contribution in [0.5, 0.6) is 0 Å². The van der Waals surface area contributed by atoms with Gasteiger partial charge in [0, 0.05) is 5.41 Å². The molecule has 12 heavy (non-hydrogen) atoms. The maximum absolute atomic E-state index is 10.6. The van der Waals surface area contributed by atoms with Crippen LogP contribution in [0.2, 0.25) is 0 Å². The first-order chi connectivity index (χ1) is 5.21. The number of rotatable bonds is 3. The fourth-order valence-corrected chi connectivity index (χ4v) is 1.04. The molecule has 0 aromatic rings. The van der Waals surface area contributed by atoms with E-state index in [1.54, 1.807) is 13.8 Å². The summed E-state index contributed by atoms with van der Waals surface area (Å²) in [6.07, 6.45) is 5.48. The molecule has 0 amide bonds. The third kappa shape index (κ3) is 2.93. The Kier molecular flexibility index (Phi) is 2.89. The molecular weight excluding hydrogens is 154 g/mol. The Labute approximate surface area is 73.0 Å². The fraction of sp³-hybridized carbons (Fsp3) is 0.667. The molecule has 0 spiro atoms. The van der Waals surface area contributed by atoms with Gasteiger partial charge in [-0.15, -0.1) is 12.3 Å². The van der Waals surface area contributed by atoms with Crippen molar-refractivity contribution in [1.29, 1.82) is 0 Å². The Morgan fingerprint density at radius 2 is 2.00 bits per heavy atom. The van der Waals surface area contributed by atoms with Crippen LogP contribution in [0, 0.1) is 17.8 Å². The number of hydrogen-bond donors (Lipinski definition) is 2. The first-order valence-corrected chi connectivity index (χ1v) is 3.71. The Morgan fingerprint density at radius 1 is 1.58 bits per heavy atom. The lowest BCUT2D eigenvalue weighted by atomic mass is 9.80. The number of carbonyl (C=O) groups is 1. The van der Waals surface area contributed by atoms with Gasteiger partial charge in [-0.25, -0.2) is 0 Å². The van der Waals surface area contributed by atoms with E-state index < -0.39 is 16.9 Å². The second-order valence-electron chi connectivity index (χ2n) is 3.93. The van der Waals surface area contributed by atoms with Crippen LogP contribution in [0.25, 0.3) is 0 Å². The van der Waals surface area contributed by atoms with Gasteiger partial charge in [0.25, 0.3) is 0 Å². The lowest BCUT2D eigenvalue weighted by Gasteiger charge is -2.27. The Morgan fingerprint density at radius 3 is 2.25 bits per heavy atom. The van der Waals surface area contributed by atoms with Crippen molar-refractivity contribution in [3.05, 3.63) is 0 Å². The van der Waals surface area contributed by atoms with Crippen LogP contribution in [0.3, 0.4) is 0 Å². The molecule has 0 bridgehead atoms. The summed E-state index contributed by atoms with van der Waals surface area (Å²) in [6, 6.07) is 0. The molecule has 3 nitrogen and oxygen atoms in total. The molecular formula is C9H15NO2. The van der Waals surface area contributed by atoms with Gasteiger partial charge >= 0.3 is 5.97 Å². The predicted molar refractivity (Wildman–Crippen MR) is 47.5 cm³/mol. The van der Waals surface area contributed by atoms with E-state index >= 15 is 0 Å². The maximum Gasteiger partial charge on any atom is 0.323 e. The summed E-state index contributed by atoms with van der Waals surface area (Å²) >= 11 is 0. The molecule has 0 fully saturated rings. The average Bonchev–Trinajstić information content (AvgIpc) is 1.85. The summed E-state index contributed by atoms with van der Waals surface area (Å²) in [4.78, 5) is 10.6. The molecule has 0 saturated heterocycles. The van der Waals surface area contributed by atoms with Crippen LogP contribution in [0.4, 0.5) is 0 Å². The smallest absolute Gasteiger partial charge is 0.323 e. The number of terminal acetylenes is 1. The van der Waals surface area contributed by atoms with Crippen molar-refractivity contribution in [2.24, 2.45) is 11.1 Å². The highest BCUT2D eigenvalue weighted by Gasteiger charge is 2.34. The van der Waals surface area contributed by atoms with Crippen molar-refractivity contribution in [2.75, 3.05) is 0 Å². The lowest BCUT2D eigenvalue weighted by Crippen LogP contribution is -2.47. The number of nitrogens with two attached hydrogens (primary N) is 1. The lowest BCUT2D eigenvalue weighted by molar-refractivity contribution is -0.143. The number of carboxylic acids is 1. The molecule has 0 rings (SSSR count). The molecule has 0 radical (unpaired) electrons. The number of aliphatic carboxylic acids is 1. The van der Waals surface area contributed by atoms with E-state index in [4.69, 9.17) is 17.3 Å². The zero-order valence-corrected chi connectivity index (χ0v) is 7.72. The summed E-state index contributed by atoms with van der Waals surface area (Å²) in [5.74, 6) is 1.49. The van der Waals surface area contributed by atoms with Crippen molar-refractivity contribution in [3.8, 4) is 12.3 Å². The minimum Gasteiger partial charge on any atom is -0.480 e. The van der Waals surface area contributed by atoms with Crippen LogP contribution in [0.1, 0.15) is 27.2 Å². The van der Waals surface area contributed by atoms with E-state index in [2.05, 4.69) is 5.92 Å². The van der Waals surface area contributed by atoms with Gasteiger partial charge < -0.3 is 10.8 Å². The van der Waals surface area contributed by atoms with Crippen molar-refractivity contribution in [1.82, 2.24) is 0 Å². The van der Waals surface area contributed by atoms with Gasteiger partial charge in [-0.1, -0.05) is 0 Å². The zero-order valence-electron chi connectivity index (χ0n) is 7.72. The zero-order chi connectivity index (χ0) is 9.99. The van der Waals surface area contributed by atoms with Gasteiger partial charge in [-0.05, 0) is 27.2 Å². The SMILES string of the molecule is C#CC(C)(C)CC(C)(N)C(=O)O. The van der Waals surface area contributed by atoms with E-state index in [1.165, 1.54) is 6.92 Å². The molecule has 1 atom stereocenters. The van der Waals surface area contributed by atoms with Crippen LogP contribution in [0.15, 0.2) is 0 Å². The van der Waals surface area contributed by atoms with Crippen LogP contribution < -0.4 is 5.73 Å². The Hall–Kier alpha value is -1.01. The summed E-state index contributed by atoms with van der Waals surface area (Å²) in [7, 11) is 0. The Bertz CT molecular complexity index is 223. The second kappa shape index (κ2) is 3.16. The minimum atomic E-state index is -1.24. The van der Waals surface area contributed by atoms with Crippen LogP contribution >= 0.6 is 0 Å². The van der Waals surface area contributed by atoms with Gasteiger partial charge in [0.1, 0.15) is 5.54 Å². The molecule has 3 N–H and O–H groups in total. The standard InChI is InChI=1S/C9H15NO2/c1-5-8(2,3)6-9(4,10)7(11)12/h1H,6,10H2,2-4H3,(H,11,12). The monoisotopic (exact) mass is 169 g/mol. The van der Waals surface area contributed by atoms with Crippen molar-refractivity contribution < 1.29 is 9.90 Å².